The smallest absolute Gasteiger partial charge is 0.247 e. The molecule has 0 bridgehead atoms. The number of nitrogens with one attached hydrogen (secondary N) is 2. The van der Waals surface area contributed by atoms with Gasteiger partial charge in [0.05, 0.1) is 11.8 Å². The van der Waals surface area contributed by atoms with Gasteiger partial charge in [-0.1, -0.05) is 19.1 Å². The first-order valence-electron chi connectivity index (χ1n) is 12.4. The van der Waals surface area contributed by atoms with E-state index in [0.717, 1.165) is 25.2 Å². The van der Waals surface area contributed by atoms with Crippen LogP contribution < -0.4 is 15.5 Å². The minimum absolute atomic E-state index is 0.0562. The number of hydrogen-bond acceptors (Lipinski definition) is 5. The van der Waals surface area contributed by atoms with Gasteiger partial charge in [0.25, 0.3) is 0 Å². The number of aliphatic hydroxyl groups is 1. The molecule has 1 aromatic rings. The van der Waals surface area contributed by atoms with Crippen LogP contribution in [0.1, 0.15) is 33.6 Å². The average molecular weight is 471 g/mol. The van der Waals surface area contributed by atoms with Crippen molar-refractivity contribution in [2.45, 2.75) is 39.7 Å². The molecule has 8 heteroatoms. The van der Waals surface area contributed by atoms with Crippen LogP contribution in [0, 0.1) is 23.7 Å². The zero-order chi connectivity index (χ0) is 24.8. The predicted octanol–water partition coefficient (Wildman–Crippen LogP) is 2.26. The first-order chi connectivity index (χ1) is 16.4. The molecule has 1 fully saturated rings. The van der Waals surface area contributed by atoms with E-state index in [2.05, 4.69) is 29.4 Å². The molecule has 1 saturated heterocycles. The summed E-state index contributed by atoms with van der Waals surface area (Å²) in [7, 11) is 1.58. The van der Waals surface area contributed by atoms with Gasteiger partial charge in [-0.15, -0.1) is 0 Å². The molecule has 0 saturated carbocycles. The molecule has 8 nitrogen and oxygen atoms in total. The molecule has 0 aromatic heterocycles. The van der Waals surface area contributed by atoms with Crippen LogP contribution in [0.25, 0.3) is 0 Å². The van der Waals surface area contributed by atoms with E-state index in [1.807, 2.05) is 43.3 Å². The Labute approximate surface area is 202 Å². The summed E-state index contributed by atoms with van der Waals surface area (Å²) in [5.74, 6) is -2.19. The number of likely N-dealkylation sites (tertiary alicyclic amines) is 1. The standard InChI is InChI=1S/C26H38N4O4/c1-5-17-9-14-20-22(21(17)24(32)27-4)26(34)30(15-8-16-31)23(20)25(33)28-18-10-12-19(13-11-18)29(6-2)7-3/h9-14,17,20-23,31H,5-8,15-16H2,1-4H3,(H,27,32)(H,28,33)/t17-,20+,21-,22+,23+/m1/s1. The lowest BCUT2D eigenvalue weighted by molar-refractivity contribution is -0.140. The van der Waals surface area contributed by atoms with Crippen LogP contribution >= 0.6 is 0 Å². The van der Waals surface area contributed by atoms with Crippen molar-refractivity contribution in [3.05, 3.63) is 36.4 Å². The quantitative estimate of drug-likeness (QED) is 0.455. The van der Waals surface area contributed by atoms with Crippen LogP contribution in [0.3, 0.4) is 0 Å². The number of nitrogens with zero attached hydrogens (tertiary/aromatic N) is 2. The number of anilines is 2. The van der Waals surface area contributed by atoms with E-state index in [-0.39, 0.29) is 36.8 Å². The van der Waals surface area contributed by atoms with Crippen LogP contribution in [0.15, 0.2) is 36.4 Å². The summed E-state index contributed by atoms with van der Waals surface area (Å²) in [5.41, 5.74) is 1.74. The zero-order valence-electron chi connectivity index (χ0n) is 20.7. The van der Waals surface area contributed by atoms with Gasteiger partial charge in [-0.3, -0.25) is 14.4 Å². The van der Waals surface area contributed by atoms with E-state index in [1.54, 1.807) is 11.9 Å². The minimum Gasteiger partial charge on any atom is -0.396 e. The number of aliphatic hydroxyl groups excluding tert-OH is 1. The summed E-state index contributed by atoms with van der Waals surface area (Å²) in [6, 6.07) is 6.96. The average Bonchev–Trinajstić information content (AvgIpc) is 3.14. The molecular formula is C26H38N4O4. The SMILES string of the molecule is CC[C@@H]1C=C[C@H]2[C@H](C(=O)N(CCCO)[C@@H]2C(=O)Nc2ccc(N(CC)CC)cc2)[C@@H]1C(=O)NC. The van der Waals surface area contributed by atoms with E-state index >= 15 is 0 Å². The monoisotopic (exact) mass is 470 g/mol. The summed E-state index contributed by atoms with van der Waals surface area (Å²) in [5, 5.41) is 15.1. The highest BCUT2D eigenvalue weighted by atomic mass is 16.3. The second-order valence-corrected chi connectivity index (χ2v) is 8.96. The second-order valence-electron chi connectivity index (χ2n) is 8.96. The van der Waals surface area contributed by atoms with Gasteiger partial charge in [-0.05, 0) is 56.9 Å². The maximum atomic E-state index is 13.5. The number of benzene rings is 1. The molecule has 0 spiro atoms. The van der Waals surface area contributed by atoms with Gasteiger partial charge in [0, 0.05) is 50.6 Å². The molecule has 186 valence electrons. The minimum atomic E-state index is -0.729. The molecule has 1 aliphatic carbocycles. The second kappa shape index (κ2) is 11.5. The molecule has 3 amide bonds. The lowest BCUT2D eigenvalue weighted by Gasteiger charge is -2.33. The Morgan fingerprint density at radius 2 is 1.74 bits per heavy atom. The number of amides is 3. The summed E-state index contributed by atoms with van der Waals surface area (Å²) < 4.78 is 0. The Kier molecular flexibility index (Phi) is 8.72. The molecular weight excluding hydrogens is 432 g/mol. The van der Waals surface area contributed by atoms with E-state index in [0.29, 0.717) is 12.1 Å². The van der Waals surface area contributed by atoms with Crippen LogP contribution in [0.4, 0.5) is 11.4 Å². The third-order valence-electron chi connectivity index (χ3n) is 7.22. The molecule has 1 aromatic carbocycles. The van der Waals surface area contributed by atoms with Crippen molar-refractivity contribution in [2.24, 2.45) is 23.7 Å². The lowest BCUT2D eigenvalue weighted by Crippen LogP contribution is -2.45. The molecule has 3 N–H and O–H groups in total. The molecule has 2 aliphatic rings. The van der Waals surface area contributed by atoms with Crippen molar-refractivity contribution in [1.29, 1.82) is 0 Å². The molecule has 0 radical (unpaired) electrons. The summed E-state index contributed by atoms with van der Waals surface area (Å²) >= 11 is 0. The predicted molar refractivity (Wildman–Crippen MR) is 133 cm³/mol. The van der Waals surface area contributed by atoms with Crippen molar-refractivity contribution >= 4 is 29.1 Å². The van der Waals surface area contributed by atoms with Gasteiger partial charge in [-0.2, -0.15) is 0 Å². The van der Waals surface area contributed by atoms with Gasteiger partial charge >= 0.3 is 0 Å². The summed E-state index contributed by atoms with van der Waals surface area (Å²) in [6.07, 6.45) is 5.04. The Balaban J connectivity index is 1.89. The number of carbonyl (C=O) groups excluding carboxylic acids is 3. The highest BCUT2D eigenvalue weighted by Crippen LogP contribution is 2.45. The van der Waals surface area contributed by atoms with Crippen molar-refractivity contribution in [2.75, 3.05) is 43.5 Å². The van der Waals surface area contributed by atoms with Gasteiger partial charge < -0.3 is 25.5 Å². The molecule has 0 unspecified atom stereocenters. The molecule has 34 heavy (non-hydrogen) atoms. The van der Waals surface area contributed by atoms with Crippen molar-refractivity contribution in [3.63, 3.8) is 0 Å². The van der Waals surface area contributed by atoms with Gasteiger partial charge in [0.2, 0.25) is 17.7 Å². The maximum absolute atomic E-state index is 13.5. The van der Waals surface area contributed by atoms with E-state index in [9.17, 15) is 19.5 Å². The highest BCUT2D eigenvalue weighted by molar-refractivity contribution is 6.02. The van der Waals surface area contributed by atoms with Gasteiger partial charge in [0.15, 0.2) is 0 Å². The number of fused-ring (bicyclic) bond motifs is 1. The maximum Gasteiger partial charge on any atom is 0.247 e. The van der Waals surface area contributed by atoms with Crippen LogP contribution in [0.2, 0.25) is 0 Å². The fourth-order valence-electron chi connectivity index (χ4n) is 5.45. The highest BCUT2D eigenvalue weighted by Gasteiger charge is 2.56. The first kappa shape index (κ1) is 25.7. The van der Waals surface area contributed by atoms with E-state index in [4.69, 9.17) is 0 Å². The van der Waals surface area contributed by atoms with Crippen molar-refractivity contribution in [3.8, 4) is 0 Å². The summed E-state index contributed by atoms with van der Waals surface area (Å²) in [6.45, 7) is 8.18. The van der Waals surface area contributed by atoms with Crippen molar-refractivity contribution < 1.29 is 19.5 Å². The van der Waals surface area contributed by atoms with Crippen molar-refractivity contribution in [1.82, 2.24) is 10.2 Å². The van der Waals surface area contributed by atoms with Crippen LogP contribution in [0.5, 0.6) is 0 Å². The van der Waals surface area contributed by atoms with Gasteiger partial charge in [-0.25, -0.2) is 0 Å². The largest absolute Gasteiger partial charge is 0.396 e. The summed E-state index contributed by atoms with van der Waals surface area (Å²) in [4.78, 5) is 43.6. The molecule has 5 atom stereocenters. The number of hydrogen-bond donors (Lipinski definition) is 3. The number of allylic oxidation sites excluding steroid dienone is 1. The van der Waals surface area contributed by atoms with Crippen LogP contribution in [-0.4, -0.2) is 67.1 Å². The Bertz CT molecular complexity index is 897. The first-order valence-corrected chi connectivity index (χ1v) is 12.4. The number of rotatable bonds is 10. The molecule has 1 heterocycles. The van der Waals surface area contributed by atoms with E-state index in [1.165, 1.54) is 0 Å². The molecule has 1 aliphatic heterocycles. The molecule has 3 rings (SSSR count). The number of carbonyl (C=O) groups is 3. The fourth-order valence-corrected chi connectivity index (χ4v) is 5.45. The lowest BCUT2D eigenvalue weighted by atomic mass is 9.69. The Morgan fingerprint density at radius 1 is 1.06 bits per heavy atom. The topological polar surface area (TPSA) is 102 Å². The van der Waals surface area contributed by atoms with Gasteiger partial charge in [0.1, 0.15) is 6.04 Å². The Hall–Kier alpha value is -2.87. The fraction of sp³-hybridized carbons (Fsp3) is 0.577. The Morgan fingerprint density at radius 3 is 2.29 bits per heavy atom. The third-order valence-corrected chi connectivity index (χ3v) is 7.22. The van der Waals surface area contributed by atoms with Crippen LogP contribution in [-0.2, 0) is 14.4 Å². The third kappa shape index (κ3) is 4.97. The normalized spacial score (nSPS) is 25.7. The van der Waals surface area contributed by atoms with E-state index < -0.39 is 23.8 Å². The zero-order valence-corrected chi connectivity index (χ0v) is 20.7.